The van der Waals surface area contributed by atoms with Gasteiger partial charge in [-0.05, 0) is 79.2 Å². The maximum Gasteiger partial charge on any atom is 0.273 e. The van der Waals surface area contributed by atoms with Crippen LogP contribution in [0.4, 0.5) is 11.4 Å². The van der Waals surface area contributed by atoms with E-state index in [9.17, 15) is 14.4 Å². The minimum Gasteiger partial charge on any atom is -0.493 e. The van der Waals surface area contributed by atoms with Crippen molar-refractivity contribution in [2.24, 2.45) is 5.73 Å². The summed E-state index contributed by atoms with van der Waals surface area (Å²) < 4.78 is 14.9. The molecule has 0 radical (unpaired) electrons. The lowest BCUT2D eigenvalue weighted by molar-refractivity contribution is -0.123. The van der Waals surface area contributed by atoms with Crippen LogP contribution in [0.2, 0.25) is 0 Å². The van der Waals surface area contributed by atoms with E-state index in [0.29, 0.717) is 22.7 Å². The Hall–Kier alpha value is -4.12. The number of hydrogen-bond acceptors (Lipinski definition) is 8. The second-order valence-corrected chi connectivity index (χ2v) is 10.4. The maximum absolute atomic E-state index is 14.3. The van der Waals surface area contributed by atoms with Gasteiger partial charge in [0.05, 0.1) is 19.9 Å². The summed E-state index contributed by atoms with van der Waals surface area (Å²) in [6, 6.07) is 9.65. The topological polar surface area (TPSA) is 150 Å². The number of carbonyl (C=O) groups is 3. The number of nitrogens with two attached hydrogens (primary N) is 2. The highest BCUT2D eigenvalue weighted by molar-refractivity contribution is 7.09. The predicted octanol–water partition coefficient (Wildman–Crippen LogP) is 3.91. The molecule has 39 heavy (non-hydrogen) atoms. The summed E-state index contributed by atoms with van der Waals surface area (Å²) >= 11 is 0.772. The predicted molar refractivity (Wildman–Crippen MR) is 150 cm³/mol. The lowest BCUT2D eigenvalue weighted by Gasteiger charge is -2.33. The second-order valence-electron chi connectivity index (χ2n) is 9.67. The molecule has 2 aromatic carbocycles. The molecule has 1 heterocycles. The number of benzene rings is 2. The van der Waals surface area contributed by atoms with Gasteiger partial charge >= 0.3 is 0 Å². The number of anilines is 2. The average molecular weight is 552 g/mol. The molecule has 206 valence electrons. The van der Waals surface area contributed by atoms with Crippen molar-refractivity contribution >= 4 is 40.6 Å². The van der Waals surface area contributed by atoms with Gasteiger partial charge in [-0.1, -0.05) is 25.0 Å². The first kappa shape index (κ1) is 27.9. The highest BCUT2D eigenvalue weighted by Crippen LogP contribution is 2.37. The van der Waals surface area contributed by atoms with Crippen molar-refractivity contribution in [2.75, 3.05) is 24.9 Å². The van der Waals surface area contributed by atoms with Crippen LogP contribution in [-0.4, -0.2) is 42.4 Å². The third-order valence-corrected chi connectivity index (χ3v) is 7.64. The average Bonchev–Trinajstić information content (AvgIpc) is 3.55. The first-order valence-electron chi connectivity index (χ1n) is 12.6. The number of nitrogens with zero attached hydrogens (tertiary/aromatic N) is 2. The molecular weight excluding hydrogens is 518 g/mol. The molecule has 1 aliphatic rings. The van der Waals surface area contributed by atoms with Crippen molar-refractivity contribution in [3.63, 3.8) is 0 Å². The van der Waals surface area contributed by atoms with E-state index in [1.807, 2.05) is 32.0 Å². The molecule has 1 atom stereocenters. The normalized spacial score (nSPS) is 14.1. The van der Waals surface area contributed by atoms with Gasteiger partial charge in [-0.3, -0.25) is 19.3 Å². The Morgan fingerprint density at radius 1 is 1.03 bits per heavy atom. The van der Waals surface area contributed by atoms with Gasteiger partial charge in [0.2, 0.25) is 5.91 Å². The van der Waals surface area contributed by atoms with Gasteiger partial charge in [0.25, 0.3) is 11.8 Å². The molecule has 0 saturated heterocycles. The van der Waals surface area contributed by atoms with Gasteiger partial charge in [-0.25, -0.2) is 0 Å². The molecule has 10 nitrogen and oxygen atoms in total. The summed E-state index contributed by atoms with van der Waals surface area (Å²) in [6.45, 7) is 3.82. The first-order valence-corrected chi connectivity index (χ1v) is 13.4. The van der Waals surface area contributed by atoms with Gasteiger partial charge in [0.1, 0.15) is 10.9 Å². The van der Waals surface area contributed by atoms with Gasteiger partial charge in [0.15, 0.2) is 17.2 Å². The van der Waals surface area contributed by atoms with Crippen molar-refractivity contribution in [3.05, 3.63) is 63.7 Å². The lowest BCUT2D eigenvalue weighted by Crippen LogP contribution is -2.46. The smallest absolute Gasteiger partial charge is 0.273 e. The summed E-state index contributed by atoms with van der Waals surface area (Å²) in [4.78, 5) is 41.6. The van der Waals surface area contributed by atoms with Gasteiger partial charge in [-0.2, -0.15) is 4.37 Å². The second kappa shape index (κ2) is 11.7. The molecule has 0 spiro atoms. The standard InChI is InChI=1S/C28H33N5O5S/c1-15-11-16(2)13-19(12-15)33(28(36)25-22(29)23(26(30)34)32-39-25)24(27(35)31-18-7-5-6-8-18)17-9-10-20(37-3)21(14-17)38-4/h9-14,18,24H,5-8,29H2,1-4H3,(H2,30,34)(H,31,35). The Bertz CT molecular complexity index is 1380. The van der Waals surface area contributed by atoms with Crippen LogP contribution in [-0.2, 0) is 4.79 Å². The molecule has 4 rings (SSSR count). The molecule has 0 aliphatic heterocycles. The number of methoxy groups -OCH3 is 2. The van der Waals surface area contributed by atoms with Gasteiger partial charge in [-0.15, -0.1) is 0 Å². The molecule has 1 fully saturated rings. The van der Waals surface area contributed by atoms with Crippen LogP contribution in [0.1, 0.15) is 68.6 Å². The van der Waals surface area contributed by atoms with Crippen LogP contribution in [0.5, 0.6) is 11.5 Å². The molecular formula is C28H33N5O5S. The van der Waals surface area contributed by atoms with E-state index in [4.69, 9.17) is 20.9 Å². The number of rotatable bonds is 9. The fraction of sp³-hybridized carbons (Fsp3) is 0.357. The summed E-state index contributed by atoms with van der Waals surface area (Å²) in [5, 5.41) is 3.14. The summed E-state index contributed by atoms with van der Waals surface area (Å²) in [7, 11) is 3.03. The maximum atomic E-state index is 14.3. The van der Waals surface area contributed by atoms with E-state index in [1.54, 1.807) is 18.2 Å². The Morgan fingerprint density at radius 3 is 2.23 bits per heavy atom. The SMILES string of the molecule is COc1ccc(C(C(=O)NC2CCCC2)N(C(=O)c2snc(C(N)=O)c2N)c2cc(C)cc(C)c2)cc1OC. The molecule has 1 saturated carbocycles. The number of primary amides is 1. The van der Waals surface area contributed by atoms with E-state index in [2.05, 4.69) is 9.69 Å². The molecule has 0 bridgehead atoms. The number of amides is 3. The van der Waals surface area contributed by atoms with Gasteiger partial charge in [0, 0.05) is 11.7 Å². The number of hydrogen-bond donors (Lipinski definition) is 3. The Kier molecular flexibility index (Phi) is 8.39. The quantitative estimate of drug-likeness (QED) is 0.365. The van der Waals surface area contributed by atoms with Crippen molar-refractivity contribution in [1.29, 1.82) is 0 Å². The zero-order chi connectivity index (χ0) is 28.3. The van der Waals surface area contributed by atoms with Crippen molar-refractivity contribution in [3.8, 4) is 11.5 Å². The zero-order valence-corrected chi connectivity index (χ0v) is 23.3. The first-order chi connectivity index (χ1) is 18.6. The number of ether oxygens (including phenoxy) is 2. The van der Waals surface area contributed by atoms with Crippen LogP contribution in [0.25, 0.3) is 0 Å². The van der Waals surface area contributed by atoms with Crippen LogP contribution in [0.3, 0.4) is 0 Å². The third kappa shape index (κ3) is 5.83. The molecule has 3 aromatic rings. The number of nitrogen functional groups attached to an aromatic ring is 1. The number of carbonyl (C=O) groups excluding carboxylic acids is 3. The number of aromatic nitrogens is 1. The minimum atomic E-state index is -1.10. The molecule has 1 aliphatic carbocycles. The van der Waals surface area contributed by atoms with Gasteiger partial charge < -0.3 is 26.3 Å². The molecule has 5 N–H and O–H groups in total. The van der Waals surface area contributed by atoms with Crippen LogP contribution >= 0.6 is 11.5 Å². The van der Waals surface area contributed by atoms with Crippen molar-refractivity contribution < 1.29 is 23.9 Å². The van der Waals surface area contributed by atoms with Crippen LogP contribution < -0.4 is 31.2 Å². The Morgan fingerprint density at radius 2 is 1.67 bits per heavy atom. The highest BCUT2D eigenvalue weighted by Gasteiger charge is 2.37. The van der Waals surface area contributed by atoms with E-state index in [1.165, 1.54) is 19.1 Å². The Labute approximate surface area is 231 Å². The van der Waals surface area contributed by atoms with Crippen LogP contribution in [0, 0.1) is 13.8 Å². The summed E-state index contributed by atoms with van der Waals surface area (Å²) in [5.74, 6) is -0.868. The Balaban J connectivity index is 1.92. The monoisotopic (exact) mass is 551 g/mol. The largest absolute Gasteiger partial charge is 0.493 e. The van der Waals surface area contributed by atoms with Crippen molar-refractivity contribution in [1.82, 2.24) is 9.69 Å². The number of aryl methyl sites for hydroxylation is 2. The third-order valence-electron chi connectivity index (χ3n) is 6.79. The zero-order valence-electron chi connectivity index (χ0n) is 22.4. The summed E-state index contributed by atoms with van der Waals surface area (Å²) in [6.07, 6.45) is 3.79. The van der Waals surface area contributed by atoms with E-state index >= 15 is 0 Å². The summed E-state index contributed by atoms with van der Waals surface area (Å²) in [5.41, 5.74) is 14.1. The minimum absolute atomic E-state index is 0.00581. The number of nitrogens with one attached hydrogen (secondary N) is 1. The molecule has 1 unspecified atom stereocenters. The van der Waals surface area contributed by atoms with Crippen LogP contribution in [0.15, 0.2) is 36.4 Å². The van der Waals surface area contributed by atoms with E-state index < -0.39 is 17.9 Å². The van der Waals surface area contributed by atoms with E-state index in [0.717, 1.165) is 48.3 Å². The lowest BCUT2D eigenvalue weighted by atomic mass is 10.00. The molecule has 1 aromatic heterocycles. The molecule has 11 heteroatoms. The molecule has 3 amide bonds. The fourth-order valence-electron chi connectivity index (χ4n) is 5.00. The fourth-order valence-corrected chi connectivity index (χ4v) is 5.75. The van der Waals surface area contributed by atoms with Crippen molar-refractivity contribution in [2.45, 2.75) is 51.6 Å². The highest BCUT2D eigenvalue weighted by atomic mass is 32.1. The van der Waals surface area contributed by atoms with E-state index in [-0.39, 0.29) is 28.2 Å².